The molecule has 1 aromatic carbocycles. The Morgan fingerprint density at radius 3 is 2.79 bits per heavy atom. The Morgan fingerprint density at radius 1 is 1.32 bits per heavy atom. The zero-order valence-corrected chi connectivity index (χ0v) is 13.2. The largest absolute Gasteiger partial charge is 0.378 e. The Labute approximate surface area is 129 Å². The molecule has 1 fully saturated rings. The molecule has 0 radical (unpaired) electrons. The van der Waals surface area contributed by atoms with Crippen LogP contribution in [0.15, 0.2) is 12.1 Å². The van der Waals surface area contributed by atoms with Gasteiger partial charge in [0, 0.05) is 12.6 Å². The Morgan fingerprint density at radius 2 is 2.11 bits per heavy atom. The minimum atomic E-state index is 0.142. The molecule has 0 spiro atoms. The number of benzene rings is 1. The lowest BCUT2D eigenvalue weighted by Gasteiger charge is -2.18. The number of ether oxygens (including phenoxy) is 1. The van der Waals surface area contributed by atoms with E-state index in [2.05, 4.69) is 12.2 Å². The molecule has 2 unspecified atom stereocenters. The first-order chi connectivity index (χ1) is 9.09. The van der Waals surface area contributed by atoms with E-state index in [-0.39, 0.29) is 6.04 Å². The van der Waals surface area contributed by atoms with Crippen molar-refractivity contribution in [1.29, 1.82) is 0 Å². The maximum Gasteiger partial charge on any atom is 0.0781 e. The van der Waals surface area contributed by atoms with Crippen LogP contribution in [0.5, 0.6) is 0 Å². The van der Waals surface area contributed by atoms with Gasteiger partial charge < -0.3 is 10.1 Å². The quantitative estimate of drug-likeness (QED) is 0.781. The molecule has 0 amide bonds. The Bertz CT molecular complexity index is 433. The molecule has 1 N–H and O–H groups in total. The van der Waals surface area contributed by atoms with E-state index in [0.717, 1.165) is 25.1 Å². The van der Waals surface area contributed by atoms with Crippen LogP contribution in [0.2, 0.25) is 15.1 Å². The van der Waals surface area contributed by atoms with Gasteiger partial charge in [0.25, 0.3) is 0 Å². The van der Waals surface area contributed by atoms with Crippen LogP contribution in [-0.2, 0) is 4.74 Å². The first kappa shape index (κ1) is 15.4. The van der Waals surface area contributed by atoms with E-state index >= 15 is 0 Å². The number of halogens is 3. The molecule has 2 rings (SSSR count). The van der Waals surface area contributed by atoms with Crippen molar-refractivity contribution in [2.24, 2.45) is 0 Å². The third-order valence-corrected chi connectivity index (χ3v) is 4.78. The van der Waals surface area contributed by atoms with Crippen LogP contribution in [0.25, 0.3) is 0 Å². The molecule has 2 nitrogen and oxygen atoms in total. The van der Waals surface area contributed by atoms with E-state index in [1.807, 2.05) is 6.07 Å². The summed E-state index contributed by atoms with van der Waals surface area (Å²) in [6, 6.07) is 3.84. The molecular weight excluding hydrogens is 305 g/mol. The van der Waals surface area contributed by atoms with Crippen LogP contribution in [0.4, 0.5) is 0 Å². The van der Waals surface area contributed by atoms with Crippen molar-refractivity contribution in [3.05, 3.63) is 32.8 Å². The van der Waals surface area contributed by atoms with Gasteiger partial charge in [0.15, 0.2) is 0 Å². The summed E-state index contributed by atoms with van der Waals surface area (Å²) in [4.78, 5) is 0. The standard InChI is InChI=1S/C14H18Cl3NO/c1-9(18-7-6-10-3-2-8-19-10)11-4-5-12(15)14(17)13(11)16/h4-5,9-10,18H,2-3,6-8H2,1H3. The fraction of sp³-hybridized carbons (Fsp3) is 0.571. The molecule has 5 heteroatoms. The first-order valence-electron chi connectivity index (χ1n) is 6.58. The molecule has 1 saturated heterocycles. The van der Waals surface area contributed by atoms with Crippen LogP contribution < -0.4 is 5.32 Å². The van der Waals surface area contributed by atoms with E-state index in [1.165, 1.54) is 12.8 Å². The van der Waals surface area contributed by atoms with E-state index in [9.17, 15) is 0 Å². The average molecular weight is 323 g/mol. The monoisotopic (exact) mass is 321 g/mol. The molecule has 1 aromatic rings. The van der Waals surface area contributed by atoms with Gasteiger partial charge in [-0.2, -0.15) is 0 Å². The summed E-state index contributed by atoms with van der Waals surface area (Å²) >= 11 is 18.2. The topological polar surface area (TPSA) is 21.3 Å². The van der Waals surface area contributed by atoms with Crippen LogP contribution in [0.3, 0.4) is 0 Å². The van der Waals surface area contributed by atoms with Crippen molar-refractivity contribution in [3.63, 3.8) is 0 Å². The Balaban J connectivity index is 1.88. The Hall–Kier alpha value is 0.01000. The van der Waals surface area contributed by atoms with Gasteiger partial charge in [-0.25, -0.2) is 0 Å². The molecule has 1 aliphatic rings. The van der Waals surface area contributed by atoms with Crippen LogP contribution in [0, 0.1) is 0 Å². The van der Waals surface area contributed by atoms with Gasteiger partial charge in [0.2, 0.25) is 0 Å². The van der Waals surface area contributed by atoms with E-state index < -0.39 is 0 Å². The lowest BCUT2D eigenvalue weighted by molar-refractivity contribution is 0.103. The van der Waals surface area contributed by atoms with Crippen molar-refractivity contribution in [2.75, 3.05) is 13.2 Å². The minimum absolute atomic E-state index is 0.142. The number of hydrogen-bond donors (Lipinski definition) is 1. The smallest absolute Gasteiger partial charge is 0.0781 e. The average Bonchev–Trinajstić information content (AvgIpc) is 2.89. The zero-order valence-electron chi connectivity index (χ0n) is 10.9. The van der Waals surface area contributed by atoms with Gasteiger partial charge in [-0.05, 0) is 44.4 Å². The van der Waals surface area contributed by atoms with Crippen molar-refractivity contribution in [2.45, 2.75) is 38.3 Å². The second kappa shape index (κ2) is 7.14. The van der Waals surface area contributed by atoms with Crippen molar-refractivity contribution in [1.82, 2.24) is 5.32 Å². The SMILES string of the molecule is CC(NCCC1CCCO1)c1ccc(Cl)c(Cl)c1Cl. The third kappa shape index (κ3) is 3.99. The number of rotatable bonds is 5. The van der Waals surface area contributed by atoms with Gasteiger partial charge >= 0.3 is 0 Å². The highest BCUT2D eigenvalue weighted by Gasteiger charge is 2.17. The zero-order chi connectivity index (χ0) is 13.8. The maximum absolute atomic E-state index is 6.22. The van der Waals surface area contributed by atoms with E-state index in [0.29, 0.717) is 21.2 Å². The van der Waals surface area contributed by atoms with Gasteiger partial charge in [-0.1, -0.05) is 40.9 Å². The molecule has 1 aliphatic heterocycles. The summed E-state index contributed by atoms with van der Waals surface area (Å²) in [6.07, 6.45) is 3.79. The Kier molecular flexibility index (Phi) is 5.79. The second-order valence-corrected chi connectivity index (χ2v) is 6.03. The number of nitrogens with one attached hydrogen (secondary N) is 1. The summed E-state index contributed by atoms with van der Waals surface area (Å²) in [6.45, 7) is 3.88. The summed E-state index contributed by atoms with van der Waals surface area (Å²) in [7, 11) is 0. The predicted molar refractivity (Wildman–Crippen MR) is 81.5 cm³/mol. The molecule has 2 atom stereocenters. The van der Waals surface area contributed by atoms with E-state index in [1.54, 1.807) is 6.07 Å². The van der Waals surface area contributed by atoms with Gasteiger partial charge in [0.1, 0.15) is 0 Å². The summed E-state index contributed by atoms with van der Waals surface area (Å²) in [5.41, 5.74) is 0.975. The fourth-order valence-electron chi connectivity index (χ4n) is 2.32. The molecule has 0 bridgehead atoms. The maximum atomic E-state index is 6.22. The van der Waals surface area contributed by atoms with Crippen LogP contribution in [0.1, 0.15) is 37.8 Å². The van der Waals surface area contributed by atoms with Gasteiger partial charge in [-0.15, -0.1) is 0 Å². The molecule has 0 aromatic heterocycles. The van der Waals surface area contributed by atoms with Crippen LogP contribution in [-0.4, -0.2) is 19.3 Å². The van der Waals surface area contributed by atoms with Gasteiger partial charge in [-0.3, -0.25) is 0 Å². The normalized spacial score (nSPS) is 20.7. The first-order valence-corrected chi connectivity index (χ1v) is 7.71. The number of hydrogen-bond acceptors (Lipinski definition) is 2. The van der Waals surface area contributed by atoms with Crippen molar-refractivity contribution >= 4 is 34.8 Å². The highest BCUT2D eigenvalue weighted by molar-refractivity contribution is 6.48. The lowest BCUT2D eigenvalue weighted by atomic mass is 10.1. The molecular formula is C14H18Cl3NO. The van der Waals surface area contributed by atoms with E-state index in [4.69, 9.17) is 39.5 Å². The van der Waals surface area contributed by atoms with Crippen molar-refractivity contribution < 1.29 is 4.74 Å². The van der Waals surface area contributed by atoms with Gasteiger partial charge in [0.05, 0.1) is 21.2 Å². The van der Waals surface area contributed by atoms with Crippen LogP contribution >= 0.6 is 34.8 Å². The predicted octanol–water partition coefficient (Wildman–Crippen LogP) is 4.87. The fourth-order valence-corrected chi connectivity index (χ4v) is 3.02. The molecule has 0 aliphatic carbocycles. The molecule has 1 heterocycles. The van der Waals surface area contributed by atoms with Crippen molar-refractivity contribution in [3.8, 4) is 0 Å². The summed E-state index contributed by atoms with van der Waals surface area (Å²) < 4.78 is 5.59. The highest BCUT2D eigenvalue weighted by atomic mass is 35.5. The summed E-state index contributed by atoms with van der Waals surface area (Å²) in [5.74, 6) is 0. The second-order valence-electron chi connectivity index (χ2n) is 4.86. The highest BCUT2D eigenvalue weighted by Crippen LogP contribution is 2.35. The minimum Gasteiger partial charge on any atom is -0.378 e. The molecule has 19 heavy (non-hydrogen) atoms. The molecule has 106 valence electrons. The lowest BCUT2D eigenvalue weighted by Crippen LogP contribution is -2.23. The molecule has 0 saturated carbocycles. The third-order valence-electron chi connectivity index (χ3n) is 3.47. The summed E-state index contributed by atoms with van der Waals surface area (Å²) in [5, 5.41) is 4.89.